The second-order valence-electron chi connectivity index (χ2n) is 6.52. The molecule has 0 unspecified atom stereocenters. The molecule has 6 nitrogen and oxygen atoms in total. The number of nitrogen functional groups attached to an aromatic ring is 1. The average molecular weight is 279 g/mol. The van der Waals surface area contributed by atoms with Crippen molar-refractivity contribution in [3.8, 4) is 0 Å². The van der Waals surface area contributed by atoms with Crippen LogP contribution in [0.1, 0.15) is 26.5 Å². The van der Waals surface area contributed by atoms with Gasteiger partial charge in [0.2, 0.25) is 5.95 Å². The highest BCUT2D eigenvalue weighted by Gasteiger charge is 2.26. The lowest BCUT2D eigenvalue weighted by Crippen LogP contribution is -2.57. The van der Waals surface area contributed by atoms with E-state index in [2.05, 4.69) is 41.0 Å². The maximum Gasteiger partial charge on any atom is 0.222 e. The fourth-order valence-electron chi connectivity index (χ4n) is 2.05. The zero-order valence-electron chi connectivity index (χ0n) is 12.8. The van der Waals surface area contributed by atoms with Gasteiger partial charge in [-0.2, -0.15) is 4.98 Å². The molecule has 1 aliphatic rings. The minimum absolute atomic E-state index is 0.152. The predicted molar refractivity (Wildman–Crippen MR) is 80.6 cm³/mol. The Labute approximate surface area is 120 Å². The molecule has 2 heterocycles. The number of aromatic nitrogens is 2. The molecule has 0 radical (unpaired) electrons. The topological polar surface area (TPSA) is 76.3 Å². The summed E-state index contributed by atoms with van der Waals surface area (Å²) in [6.07, 6.45) is 0. The lowest BCUT2D eigenvalue weighted by Gasteiger charge is -2.40. The number of likely N-dealkylation sites (N-methyl/N-ethyl adjacent to an activating group) is 1. The van der Waals surface area contributed by atoms with Gasteiger partial charge < -0.3 is 20.7 Å². The Hall–Kier alpha value is -1.40. The zero-order chi connectivity index (χ0) is 14.8. The van der Waals surface area contributed by atoms with E-state index in [9.17, 15) is 0 Å². The van der Waals surface area contributed by atoms with Gasteiger partial charge in [-0.15, -0.1) is 0 Å². The van der Waals surface area contributed by atoms with Crippen LogP contribution in [0.2, 0.25) is 0 Å². The first-order valence-electron chi connectivity index (χ1n) is 7.01. The molecule has 3 N–H and O–H groups in total. The Balaban J connectivity index is 1.95. The molecule has 1 aromatic heterocycles. The first-order chi connectivity index (χ1) is 9.37. The van der Waals surface area contributed by atoms with Gasteiger partial charge in [-0.3, -0.25) is 0 Å². The summed E-state index contributed by atoms with van der Waals surface area (Å²) < 4.78 is 5.69. The van der Waals surface area contributed by atoms with E-state index in [0.29, 0.717) is 25.2 Å². The Morgan fingerprint density at radius 1 is 1.40 bits per heavy atom. The molecule has 0 spiro atoms. The minimum Gasteiger partial charge on any atom is -0.375 e. The number of hydrogen-bond donors (Lipinski definition) is 2. The van der Waals surface area contributed by atoms with Crippen LogP contribution in [0.5, 0.6) is 0 Å². The van der Waals surface area contributed by atoms with Gasteiger partial charge in [0, 0.05) is 25.2 Å². The summed E-state index contributed by atoms with van der Waals surface area (Å²) >= 11 is 0. The third kappa shape index (κ3) is 4.05. The van der Waals surface area contributed by atoms with Gasteiger partial charge in [0.15, 0.2) is 0 Å². The number of ether oxygens (including phenoxy) is 1. The van der Waals surface area contributed by atoms with Crippen LogP contribution >= 0.6 is 0 Å². The lowest BCUT2D eigenvalue weighted by molar-refractivity contribution is 0.0581. The third-order valence-electron chi connectivity index (χ3n) is 3.18. The number of hydrogen-bond acceptors (Lipinski definition) is 6. The van der Waals surface area contributed by atoms with Crippen LogP contribution < -0.4 is 16.0 Å². The summed E-state index contributed by atoms with van der Waals surface area (Å²) in [6, 6.07) is 2.50. The first kappa shape index (κ1) is 15.0. The van der Waals surface area contributed by atoms with Crippen LogP contribution in [0.4, 0.5) is 11.8 Å². The smallest absolute Gasteiger partial charge is 0.222 e. The monoisotopic (exact) mass is 279 g/mol. The van der Waals surface area contributed by atoms with Crippen molar-refractivity contribution in [2.24, 2.45) is 5.41 Å². The molecule has 1 fully saturated rings. The van der Waals surface area contributed by atoms with Crippen LogP contribution in [0.3, 0.4) is 0 Å². The van der Waals surface area contributed by atoms with Crippen molar-refractivity contribution in [1.29, 1.82) is 0 Å². The van der Waals surface area contributed by atoms with Gasteiger partial charge in [-0.25, -0.2) is 4.98 Å². The van der Waals surface area contributed by atoms with Crippen molar-refractivity contribution in [3.63, 3.8) is 0 Å². The molecule has 0 bridgehead atoms. The number of nitrogens with two attached hydrogens (primary N) is 1. The van der Waals surface area contributed by atoms with Crippen LogP contribution in [-0.4, -0.2) is 42.8 Å². The number of nitrogens with one attached hydrogen (secondary N) is 1. The summed E-state index contributed by atoms with van der Waals surface area (Å²) in [5, 5.41) is 3.24. The molecule has 0 amide bonds. The van der Waals surface area contributed by atoms with Crippen molar-refractivity contribution < 1.29 is 4.74 Å². The average Bonchev–Trinajstić information content (AvgIpc) is 2.25. The van der Waals surface area contributed by atoms with Crippen molar-refractivity contribution >= 4 is 11.8 Å². The minimum atomic E-state index is 0.152. The molecular formula is C14H25N5O. The molecule has 1 saturated heterocycles. The van der Waals surface area contributed by atoms with Crippen molar-refractivity contribution in [1.82, 2.24) is 15.3 Å². The number of anilines is 2. The highest BCUT2D eigenvalue weighted by atomic mass is 16.5. The maximum atomic E-state index is 5.78. The molecule has 1 aliphatic heterocycles. The maximum absolute atomic E-state index is 5.78. The highest BCUT2D eigenvalue weighted by molar-refractivity contribution is 5.46. The van der Waals surface area contributed by atoms with E-state index < -0.39 is 0 Å². The molecule has 6 heteroatoms. The third-order valence-corrected chi connectivity index (χ3v) is 3.18. The Bertz CT molecular complexity index is 451. The van der Waals surface area contributed by atoms with Gasteiger partial charge in [-0.05, 0) is 12.5 Å². The predicted octanol–water partition coefficient (Wildman–Crippen LogP) is 1.03. The molecule has 20 heavy (non-hydrogen) atoms. The van der Waals surface area contributed by atoms with Crippen molar-refractivity contribution in [2.45, 2.75) is 33.4 Å². The summed E-state index contributed by atoms with van der Waals surface area (Å²) in [4.78, 5) is 10.7. The molecule has 0 aromatic carbocycles. The molecule has 2 rings (SSSR count). The van der Waals surface area contributed by atoms with Crippen LogP contribution in [0.15, 0.2) is 6.07 Å². The van der Waals surface area contributed by atoms with E-state index in [1.807, 2.05) is 13.1 Å². The Morgan fingerprint density at radius 3 is 2.70 bits per heavy atom. The Kier molecular flexibility index (Phi) is 4.45. The normalized spacial score (nSPS) is 16.3. The first-order valence-corrected chi connectivity index (χ1v) is 7.01. The van der Waals surface area contributed by atoms with E-state index in [-0.39, 0.29) is 5.41 Å². The lowest BCUT2D eigenvalue weighted by atomic mass is 9.99. The summed E-state index contributed by atoms with van der Waals surface area (Å²) in [5.74, 6) is 1.20. The highest BCUT2D eigenvalue weighted by Crippen LogP contribution is 2.21. The summed E-state index contributed by atoms with van der Waals surface area (Å²) in [5.41, 5.74) is 6.77. The second kappa shape index (κ2) is 5.93. The van der Waals surface area contributed by atoms with E-state index >= 15 is 0 Å². The van der Waals surface area contributed by atoms with E-state index in [1.165, 1.54) is 0 Å². The van der Waals surface area contributed by atoms with Gasteiger partial charge in [0.25, 0.3) is 0 Å². The molecule has 1 aromatic rings. The summed E-state index contributed by atoms with van der Waals surface area (Å²) in [6.45, 7) is 9.50. The van der Waals surface area contributed by atoms with E-state index in [4.69, 9.17) is 10.5 Å². The SMILES string of the molecule is CNC1CN(c2cc(COCC(C)(C)C)nc(N)n2)C1. The van der Waals surface area contributed by atoms with Gasteiger partial charge in [-0.1, -0.05) is 20.8 Å². The van der Waals surface area contributed by atoms with E-state index in [1.54, 1.807) is 0 Å². The molecular weight excluding hydrogens is 254 g/mol. The second-order valence-corrected chi connectivity index (χ2v) is 6.52. The number of nitrogens with zero attached hydrogens (tertiary/aromatic N) is 3. The molecule has 0 aliphatic carbocycles. The zero-order valence-corrected chi connectivity index (χ0v) is 12.8. The molecule has 112 valence electrons. The standard InChI is InChI=1S/C14H25N5O/c1-14(2,3)9-20-8-10-5-12(18-13(15)17-10)19-6-11(7-19)16-4/h5,11,16H,6-9H2,1-4H3,(H2,15,17,18). The quantitative estimate of drug-likeness (QED) is 0.838. The number of rotatable bonds is 5. The van der Waals surface area contributed by atoms with Crippen LogP contribution in [0.25, 0.3) is 0 Å². The Morgan fingerprint density at radius 2 is 2.10 bits per heavy atom. The van der Waals surface area contributed by atoms with Gasteiger partial charge >= 0.3 is 0 Å². The van der Waals surface area contributed by atoms with Gasteiger partial charge in [0.1, 0.15) is 5.82 Å². The van der Waals surface area contributed by atoms with Gasteiger partial charge in [0.05, 0.1) is 18.9 Å². The van der Waals surface area contributed by atoms with Crippen molar-refractivity contribution in [3.05, 3.63) is 11.8 Å². The summed E-state index contributed by atoms with van der Waals surface area (Å²) in [7, 11) is 1.97. The fourth-order valence-corrected chi connectivity index (χ4v) is 2.05. The van der Waals surface area contributed by atoms with Crippen LogP contribution in [0, 0.1) is 5.41 Å². The molecule has 0 saturated carbocycles. The van der Waals surface area contributed by atoms with Crippen LogP contribution in [-0.2, 0) is 11.3 Å². The fraction of sp³-hybridized carbons (Fsp3) is 0.714. The largest absolute Gasteiger partial charge is 0.375 e. The van der Waals surface area contributed by atoms with E-state index in [0.717, 1.165) is 24.6 Å². The molecule has 0 atom stereocenters. The van der Waals surface area contributed by atoms with Crippen molar-refractivity contribution in [2.75, 3.05) is 37.4 Å².